The van der Waals surface area contributed by atoms with Gasteiger partial charge in [0.15, 0.2) is 6.10 Å². The standard InChI is InChI=1S/C63H104O6/c1-4-7-10-13-16-19-22-25-28-30-31-33-35-38-41-44-47-50-53-56-62(65)68-59-60(58-67-61(64)55-52-49-46-43-40-37-34-27-24-21-18-15-12-9-6-3)69-63(66)57-54-51-48-45-42-39-36-32-29-26-23-20-17-14-11-8-5-2/h16-21,25-29,31,33-34,36,39,45,48,60H,4-15,22-24,30,32,35,37-38,40-44,46-47,49-59H2,1-3H3/b19-16-,20-17-,21-18-,28-25-,29-26-,33-31-,34-27-,39-36-,48-45-/t60-/m1/s1. The van der Waals surface area contributed by atoms with Crippen molar-refractivity contribution in [1.82, 2.24) is 0 Å². The molecule has 392 valence electrons. The third-order valence-corrected chi connectivity index (χ3v) is 11.7. The van der Waals surface area contributed by atoms with Gasteiger partial charge >= 0.3 is 17.9 Å². The lowest BCUT2D eigenvalue weighted by atomic mass is 10.1. The summed E-state index contributed by atoms with van der Waals surface area (Å²) in [6.45, 7) is 6.49. The zero-order chi connectivity index (χ0) is 50.0. The van der Waals surface area contributed by atoms with Crippen molar-refractivity contribution in [2.45, 2.75) is 258 Å². The van der Waals surface area contributed by atoms with E-state index in [0.29, 0.717) is 19.3 Å². The van der Waals surface area contributed by atoms with Gasteiger partial charge in [-0.1, -0.05) is 214 Å². The monoisotopic (exact) mass is 957 g/mol. The Labute approximate surface area is 425 Å². The topological polar surface area (TPSA) is 78.9 Å². The van der Waals surface area contributed by atoms with Crippen LogP contribution in [0.15, 0.2) is 109 Å². The summed E-state index contributed by atoms with van der Waals surface area (Å²) < 4.78 is 16.8. The molecule has 0 spiro atoms. The van der Waals surface area contributed by atoms with Crippen molar-refractivity contribution in [2.75, 3.05) is 13.2 Å². The molecule has 69 heavy (non-hydrogen) atoms. The van der Waals surface area contributed by atoms with E-state index in [0.717, 1.165) is 116 Å². The predicted octanol–water partition coefficient (Wildman–Crippen LogP) is 19.1. The number of hydrogen-bond acceptors (Lipinski definition) is 6. The summed E-state index contributed by atoms with van der Waals surface area (Å²) in [4.78, 5) is 38.1. The van der Waals surface area contributed by atoms with Crippen molar-refractivity contribution in [2.24, 2.45) is 0 Å². The van der Waals surface area contributed by atoms with Crippen molar-refractivity contribution in [3.63, 3.8) is 0 Å². The zero-order valence-electron chi connectivity index (χ0n) is 44.8. The normalized spacial score (nSPS) is 12.9. The molecule has 0 aliphatic carbocycles. The van der Waals surface area contributed by atoms with Crippen molar-refractivity contribution in [3.05, 3.63) is 109 Å². The van der Waals surface area contributed by atoms with E-state index in [1.54, 1.807) is 0 Å². The van der Waals surface area contributed by atoms with Crippen LogP contribution in [0.2, 0.25) is 0 Å². The molecule has 0 aromatic carbocycles. The Hall–Kier alpha value is -3.93. The maximum atomic E-state index is 12.8. The van der Waals surface area contributed by atoms with E-state index >= 15 is 0 Å². The molecular formula is C63H104O6. The number of allylic oxidation sites excluding steroid dienone is 18. The molecule has 6 nitrogen and oxygen atoms in total. The Morgan fingerprint density at radius 2 is 0.536 bits per heavy atom. The molecule has 0 heterocycles. The van der Waals surface area contributed by atoms with Crippen molar-refractivity contribution in [1.29, 1.82) is 0 Å². The first-order valence-corrected chi connectivity index (χ1v) is 28.4. The summed E-state index contributed by atoms with van der Waals surface area (Å²) in [7, 11) is 0. The summed E-state index contributed by atoms with van der Waals surface area (Å²) in [6.07, 6.45) is 76.4. The fourth-order valence-corrected chi connectivity index (χ4v) is 7.41. The van der Waals surface area contributed by atoms with Gasteiger partial charge in [-0.2, -0.15) is 0 Å². The molecule has 0 aromatic heterocycles. The maximum Gasteiger partial charge on any atom is 0.306 e. The minimum Gasteiger partial charge on any atom is -0.462 e. The van der Waals surface area contributed by atoms with Gasteiger partial charge in [-0.25, -0.2) is 0 Å². The van der Waals surface area contributed by atoms with Crippen LogP contribution >= 0.6 is 0 Å². The third kappa shape index (κ3) is 54.9. The first-order valence-electron chi connectivity index (χ1n) is 28.4. The average Bonchev–Trinajstić information content (AvgIpc) is 3.35. The van der Waals surface area contributed by atoms with E-state index in [1.165, 1.54) is 89.9 Å². The first-order chi connectivity index (χ1) is 34.0. The fourth-order valence-electron chi connectivity index (χ4n) is 7.41. The molecular weight excluding hydrogens is 853 g/mol. The molecule has 0 amide bonds. The molecule has 0 fully saturated rings. The second-order valence-electron chi connectivity index (χ2n) is 18.5. The van der Waals surface area contributed by atoms with Crippen LogP contribution in [0.3, 0.4) is 0 Å². The van der Waals surface area contributed by atoms with Gasteiger partial charge in [-0.3, -0.25) is 14.4 Å². The summed E-state index contributed by atoms with van der Waals surface area (Å²) in [6, 6.07) is 0. The number of carbonyl (C=O) groups is 3. The molecule has 0 aromatic rings. The van der Waals surface area contributed by atoms with Gasteiger partial charge in [-0.05, 0) is 128 Å². The van der Waals surface area contributed by atoms with Crippen LogP contribution in [0.25, 0.3) is 0 Å². The Morgan fingerprint density at radius 1 is 0.290 bits per heavy atom. The second-order valence-corrected chi connectivity index (χ2v) is 18.5. The Kier molecular flexibility index (Phi) is 53.4. The van der Waals surface area contributed by atoms with Crippen LogP contribution in [-0.4, -0.2) is 37.2 Å². The summed E-state index contributed by atoms with van der Waals surface area (Å²) >= 11 is 0. The average molecular weight is 958 g/mol. The number of rotatable bonds is 50. The molecule has 1 atom stereocenters. The van der Waals surface area contributed by atoms with Gasteiger partial charge in [0.05, 0.1) is 0 Å². The van der Waals surface area contributed by atoms with Crippen LogP contribution in [0.5, 0.6) is 0 Å². The maximum absolute atomic E-state index is 12.8. The number of ether oxygens (including phenoxy) is 3. The van der Waals surface area contributed by atoms with Crippen LogP contribution in [0, 0.1) is 0 Å². The largest absolute Gasteiger partial charge is 0.462 e. The third-order valence-electron chi connectivity index (χ3n) is 11.7. The highest BCUT2D eigenvalue weighted by Crippen LogP contribution is 2.13. The molecule has 6 heteroatoms. The fraction of sp³-hybridized carbons (Fsp3) is 0.667. The second kappa shape index (κ2) is 56.7. The van der Waals surface area contributed by atoms with E-state index in [1.807, 2.05) is 0 Å². The molecule has 0 aliphatic rings. The van der Waals surface area contributed by atoms with Gasteiger partial charge < -0.3 is 14.2 Å². The SMILES string of the molecule is CCCCC/C=C\C/C=C\C/C=C\C/C=C\CCCC(=O)O[C@H](COC(=O)CCCCCCC/C=C\C/C=C\CCCCC)COC(=O)CCCCCCCC/C=C\C/C=C\C/C=C\CCCCC. The number of hydrogen-bond donors (Lipinski definition) is 0. The molecule has 0 bridgehead atoms. The van der Waals surface area contributed by atoms with Gasteiger partial charge in [0.2, 0.25) is 0 Å². The number of unbranched alkanes of at least 4 members (excludes halogenated alkanes) is 21. The summed E-state index contributed by atoms with van der Waals surface area (Å²) in [5, 5.41) is 0. The molecule has 0 saturated heterocycles. The van der Waals surface area contributed by atoms with Gasteiger partial charge in [0.25, 0.3) is 0 Å². The quantitative estimate of drug-likeness (QED) is 0.0262. The van der Waals surface area contributed by atoms with Crippen LogP contribution < -0.4 is 0 Å². The van der Waals surface area contributed by atoms with E-state index in [2.05, 4.69) is 130 Å². The van der Waals surface area contributed by atoms with Crippen molar-refractivity contribution in [3.8, 4) is 0 Å². The van der Waals surface area contributed by atoms with E-state index in [4.69, 9.17) is 14.2 Å². The smallest absolute Gasteiger partial charge is 0.306 e. The van der Waals surface area contributed by atoms with Gasteiger partial charge in [0.1, 0.15) is 13.2 Å². The van der Waals surface area contributed by atoms with Crippen LogP contribution in [-0.2, 0) is 28.6 Å². The molecule has 0 saturated carbocycles. The van der Waals surface area contributed by atoms with Crippen LogP contribution in [0.1, 0.15) is 252 Å². The molecule has 0 aliphatic heterocycles. The highest BCUT2D eigenvalue weighted by Gasteiger charge is 2.19. The summed E-state index contributed by atoms with van der Waals surface area (Å²) in [5.74, 6) is -0.996. The molecule has 0 N–H and O–H groups in total. The Morgan fingerprint density at radius 3 is 0.855 bits per heavy atom. The van der Waals surface area contributed by atoms with Crippen LogP contribution in [0.4, 0.5) is 0 Å². The number of carbonyl (C=O) groups excluding carboxylic acids is 3. The minimum absolute atomic E-state index is 0.113. The van der Waals surface area contributed by atoms with Crippen molar-refractivity contribution < 1.29 is 28.6 Å². The molecule has 0 radical (unpaired) electrons. The lowest BCUT2D eigenvalue weighted by Gasteiger charge is -2.18. The highest BCUT2D eigenvalue weighted by molar-refractivity contribution is 5.71. The highest BCUT2D eigenvalue weighted by atomic mass is 16.6. The zero-order valence-corrected chi connectivity index (χ0v) is 44.8. The predicted molar refractivity (Wildman–Crippen MR) is 297 cm³/mol. The van der Waals surface area contributed by atoms with Gasteiger partial charge in [0, 0.05) is 19.3 Å². The summed E-state index contributed by atoms with van der Waals surface area (Å²) in [5.41, 5.74) is 0. The minimum atomic E-state index is -0.820. The lowest BCUT2D eigenvalue weighted by molar-refractivity contribution is -0.167. The Bertz CT molecular complexity index is 1420. The molecule has 0 unspecified atom stereocenters. The van der Waals surface area contributed by atoms with E-state index in [9.17, 15) is 14.4 Å². The van der Waals surface area contributed by atoms with E-state index in [-0.39, 0.29) is 37.5 Å². The molecule has 0 rings (SSSR count). The first kappa shape index (κ1) is 65.1. The number of esters is 3. The lowest BCUT2D eigenvalue weighted by Crippen LogP contribution is -2.30. The van der Waals surface area contributed by atoms with Crippen molar-refractivity contribution >= 4 is 17.9 Å². The van der Waals surface area contributed by atoms with E-state index < -0.39 is 6.10 Å². The van der Waals surface area contributed by atoms with Gasteiger partial charge in [-0.15, -0.1) is 0 Å². The Balaban J connectivity index is 4.53.